The molecule has 9 heteroatoms. The number of guanidine groups is 1. The molecule has 1 saturated carbocycles. The standard InChI is InChI=1S/C22H31N5O3.HI/c1-4-19-18(20(5-2)30-27-19)13-25-22(23-3)24-12-15-7-6-8-17(11-15)29-14-21(28)26-16-9-10-16;/h6-8,11,16H,4-5,9-10,12-14H2,1-3H3,(H,26,28)(H2,23,24,25);1H. The second kappa shape index (κ2) is 12.5. The van der Waals surface area contributed by atoms with E-state index < -0.39 is 0 Å². The number of hydrogen-bond donors (Lipinski definition) is 3. The normalized spacial score (nSPS) is 13.3. The van der Waals surface area contributed by atoms with Crippen LogP contribution in [0.15, 0.2) is 33.8 Å². The van der Waals surface area contributed by atoms with Gasteiger partial charge in [-0.1, -0.05) is 31.1 Å². The molecule has 0 spiro atoms. The van der Waals surface area contributed by atoms with E-state index in [1.54, 1.807) is 7.05 Å². The summed E-state index contributed by atoms with van der Waals surface area (Å²) in [5.41, 5.74) is 3.11. The van der Waals surface area contributed by atoms with Crippen LogP contribution < -0.4 is 20.7 Å². The third-order valence-corrected chi connectivity index (χ3v) is 4.93. The minimum atomic E-state index is -0.0720. The molecule has 0 bridgehead atoms. The fourth-order valence-corrected chi connectivity index (χ4v) is 3.11. The summed E-state index contributed by atoms with van der Waals surface area (Å²) in [6.45, 7) is 5.35. The lowest BCUT2D eigenvalue weighted by atomic mass is 10.1. The van der Waals surface area contributed by atoms with Gasteiger partial charge in [-0.2, -0.15) is 0 Å². The zero-order valence-electron chi connectivity index (χ0n) is 18.4. The SMILES string of the molecule is CCc1noc(CC)c1CNC(=NC)NCc1cccc(OCC(=O)NC2CC2)c1.I. The van der Waals surface area contributed by atoms with E-state index in [0.29, 0.717) is 30.8 Å². The molecule has 170 valence electrons. The maximum Gasteiger partial charge on any atom is 0.258 e. The predicted octanol–water partition coefficient (Wildman–Crippen LogP) is 2.94. The number of hydrogen-bond acceptors (Lipinski definition) is 5. The van der Waals surface area contributed by atoms with Crippen LogP contribution in [0.4, 0.5) is 0 Å². The van der Waals surface area contributed by atoms with Gasteiger partial charge in [0.1, 0.15) is 11.5 Å². The molecule has 31 heavy (non-hydrogen) atoms. The molecule has 1 aliphatic carbocycles. The summed E-state index contributed by atoms with van der Waals surface area (Å²) in [5.74, 6) is 2.20. The van der Waals surface area contributed by atoms with Crippen molar-refractivity contribution in [3.8, 4) is 5.75 Å². The summed E-state index contributed by atoms with van der Waals surface area (Å²) in [6, 6.07) is 8.04. The molecule has 1 aliphatic rings. The van der Waals surface area contributed by atoms with E-state index in [-0.39, 0.29) is 36.5 Å². The Hall–Kier alpha value is -2.30. The molecule has 1 aromatic heterocycles. The Balaban J connectivity index is 0.00000341. The van der Waals surface area contributed by atoms with Gasteiger partial charge in [0.2, 0.25) is 0 Å². The maximum atomic E-state index is 11.8. The first kappa shape index (κ1) is 25.0. The molecule has 1 aromatic carbocycles. The Morgan fingerprint density at radius 1 is 1.23 bits per heavy atom. The summed E-state index contributed by atoms with van der Waals surface area (Å²) in [5, 5.41) is 13.7. The number of carbonyl (C=O) groups excluding carboxylic acids is 1. The number of ether oxygens (including phenoxy) is 1. The molecule has 3 N–H and O–H groups in total. The van der Waals surface area contributed by atoms with Crippen LogP contribution in [0.1, 0.15) is 49.3 Å². The highest BCUT2D eigenvalue weighted by atomic mass is 127. The summed E-state index contributed by atoms with van der Waals surface area (Å²) in [6.07, 6.45) is 3.78. The number of halogens is 1. The van der Waals surface area contributed by atoms with E-state index in [4.69, 9.17) is 9.26 Å². The quantitative estimate of drug-likeness (QED) is 0.243. The molecule has 0 atom stereocenters. The highest BCUT2D eigenvalue weighted by Gasteiger charge is 2.23. The maximum absolute atomic E-state index is 11.8. The molecule has 1 heterocycles. The Bertz CT molecular complexity index is 858. The highest BCUT2D eigenvalue weighted by Crippen LogP contribution is 2.19. The van der Waals surface area contributed by atoms with E-state index in [9.17, 15) is 4.79 Å². The third kappa shape index (κ3) is 7.71. The van der Waals surface area contributed by atoms with Crippen LogP contribution in [0, 0.1) is 0 Å². The van der Waals surface area contributed by atoms with E-state index in [0.717, 1.165) is 48.3 Å². The van der Waals surface area contributed by atoms with Crippen molar-refractivity contribution >= 4 is 35.8 Å². The molecule has 1 fully saturated rings. The molecule has 8 nitrogen and oxygen atoms in total. The molecular weight excluding hydrogens is 509 g/mol. The third-order valence-electron chi connectivity index (χ3n) is 4.93. The molecule has 0 radical (unpaired) electrons. The number of nitrogens with one attached hydrogen (secondary N) is 3. The van der Waals surface area contributed by atoms with Crippen molar-refractivity contribution in [2.24, 2.45) is 4.99 Å². The van der Waals surface area contributed by atoms with Gasteiger partial charge in [0.05, 0.1) is 5.69 Å². The lowest BCUT2D eigenvalue weighted by Gasteiger charge is -2.13. The summed E-state index contributed by atoms with van der Waals surface area (Å²) in [4.78, 5) is 16.1. The monoisotopic (exact) mass is 541 g/mol. The molecule has 2 aromatic rings. The largest absolute Gasteiger partial charge is 0.484 e. The van der Waals surface area contributed by atoms with Gasteiger partial charge >= 0.3 is 0 Å². The average molecular weight is 541 g/mol. The van der Waals surface area contributed by atoms with Gasteiger partial charge < -0.3 is 25.2 Å². The van der Waals surface area contributed by atoms with Crippen molar-refractivity contribution in [2.45, 2.75) is 58.7 Å². The van der Waals surface area contributed by atoms with Gasteiger partial charge in [-0.05, 0) is 37.0 Å². The van der Waals surface area contributed by atoms with Crippen LogP contribution in [0.3, 0.4) is 0 Å². The number of aryl methyl sites for hydroxylation is 2. The highest BCUT2D eigenvalue weighted by molar-refractivity contribution is 14.0. The van der Waals surface area contributed by atoms with Crippen molar-refractivity contribution in [1.82, 2.24) is 21.1 Å². The minimum Gasteiger partial charge on any atom is -0.484 e. The molecule has 1 amide bonds. The minimum absolute atomic E-state index is 0. The van der Waals surface area contributed by atoms with E-state index >= 15 is 0 Å². The first-order chi connectivity index (χ1) is 14.6. The van der Waals surface area contributed by atoms with Gasteiger partial charge in [0, 0.05) is 38.2 Å². The lowest BCUT2D eigenvalue weighted by molar-refractivity contribution is -0.123. The Morgan fingerprint density at radius 2 is 2.00 bits per heavy atom. The number of aliphatic imine (C=N–C) groups is 1. The van der Waals surface area contributed by atoms with Gasteiger partial charge in [0.15, 0.2) is 12.6 Å². The van der Waals surface area contributed by atoms with E-state index in [1.807, 2.05) is 24.3 Å². The van der Waals surface area contributed by atoms with Crippen molar-refractivity contribution in [2.75, 3.05) is 13.7 Å². The van der Waals surface area contributed by atoms with Crippen LogP contribution in [0.25, 0.3) is 0 Å². The fraction of sp³-hybridized carbons (Fsp3) is 0.500. The predicted molar refractivity (Wildman–Crippen MR) is 131 cm³/mol. The van der Waals surface area contributed by atoms with Crippen LogP contribution in [0.5, 0.6) is 5.75 Å². The fourth-order valence-electron chi connectivity index (χ4n) is 3.11. The van der Waals surface area contributed by atoms with Crippen LogP contribution in [-0.2, 0) is 30.7 Å². The zero-order valence-corrected chi connectivity index (χ0v) is 20.7. The van der Waals surface area contributed by atoms with Gasteiger partial charge in [-0.15, -0.1) is 24.0 Å². The van der Waals surface area contributed by atoms with E-state index in [2.05, 4.69) is 39.9 Å². The smallest absolute Gasteiger partial charge is 0.258 e. The molecule has 0 saturated heterocycles. The second-order valence-corrected chi connectivity index (χ2v) is 7.30. The van der Waals surface area contributed by atoms with Gasteiger partial charge in [-0.25, -0.2) is 0 Å². The number of rotatable bonds is 10. The first-order valence-electron chi connectivity index (χ1n) is 10.5. The summed E-state index contributed by atoms with van der Waals surface area (Å²) >= 11 is 0. The average Bonchev–Trinajstić information content (AvgIpc) is 3.49. The molecule has 0 unspecified atom stereocenters. The molecular formula is C22H32IN5O3. The molecule has 3 rings (SSSR count). The van der Waals surface area contributed by atoms with Crippen LogP contribution >= 0.6 is 24.0 Å². The molecule has 0 aliphatic heterocycles. The Labute approximate surface area is 200 Å². The second-order valence-electron chi connectivity index (χ2n) is 7.30. The van der Waals surface area contributed by atoms with Crippen molar-refractivity contribution in [3.63, 3.8) is 0 Å². The van der Waals surface area contributed by atoms with Crippen molar-refractivity contribution in [1.29, 1.82) is 0 Å². The van der Waals surface area contributed by atoms with Crippen LogP contribution in [0.2, 0.25) is 0 Å². The van der Waals surface area contributed by atoms with Gasteiger partial charge in [0.25, 0.3) is 5.91 Å². The number of amides is 1. The topological polar surface area (TPSA) is 101 Å². The zero-order chi connectivity index (χ0) is 21.3. The Morgan fingerprint density at radius 3 is 2.68 bits per heavy atom. The number of aromatic nitrogens is 1. The summed E-state index contributed by atoms with van der Waals surface area (Å²) in [7, 11) is 1.74. The Kier molecular flexibility index (Phi) is 10.1. The van der Waals surface area contributed by atoms with E-state index in [1.165, 1.54) is 0 Å². The van der Waals surface area contributed by atoms with Crippen LogP contribution in [-0.4, -0.2) is 36.7 Å². The number of carbonyl (C=O) groups is 1. The lowest BCUT2D eigenvalue weighted by Crippen LogP contribution is -2.36. The van der Waals surface area contributed by atoms with Gasteiger partial charge in [-0.3, -0.25) is 9.79 Å². The summed E-state index contributed by atoms with van der Waals surface area (Å²) < 4.78 is 11.0. The number of benzene rings is 1. The van der Waals surface area contributed by atoms with Crippen molar-refractivity contribution in [3.05, 3.63) is 46.8 Å². The number of nitrogens with zero attached hydrogens (tertiary/aromatic N) is 2. The first-order valence-corrected chi connectivity index (χ1v) is 10.5. The van der Waals surface area contributed by atoms with Crippen molar-refractivity contribution < 1.29 is 14.1 Å².